The van der Waals surface area contributed by atoms with E-state index in [4.69, 9.17) is 16.3 Å². The lowest BCUT2D eigenvalue weighted by Gasteiger charge is -2.11. The maximum atomic E-state index is 12.1. The molecule has 0 aliphatic carbocycles. The molecule has 2 aromatic carbocycles. The van der Waals surface area contributed by atoms with Gasteiger partial charge >= 0.3 is 5.69 Å². The molecule has 0 heterocycles. The van der Waals surface area contributed by atoms with E-state index in [1.165, 1.54) is 31.0 Å². The lowest BCUT2D eigenvalue weighted by molar-refractivity contribution is -0.385. The van der Waals surface area contributed by atoms with E-state index in [2.05, 4.69) is 5.32 Å². The number of hydrogen-bond acceptors (Lipinski definition) is 5. The van der Waals surface area contributed by atoms with Crippen LogP contribution >= 0.6 is 23.4 Å². The minimum atomic E-state index is -0.523. The van der Waals surface area contributed by atoms with E-state index >= 15 is 0 Å². The Morgan fingerprint density at radius 1 is 1.38 bits per heavy atom. The van der Waals surface area contributed by atoms with Crippen molar-refractivity contribution in [2.75, 3.05) is 18.2 Å². The molecule has 126 valence electrons. The van der Waals surface area contributed by atoms with Crippen LogP contribution in [0.25, 0.3) is 0 Å². The molecule has 0 saturated carbocycles. The molecule has 0 bridgehead atoms. The van der Waals surface area contributed by atoms with Crippen molar-refractivity contribution in [3.05, 3.63) is 57.1 Å². The van der Waals surface area contributed by atoms with Crippen molar-refractivity contribution in [2.45, 2.75) is 11.8 Å². The normalized spacial score (nSPS) is 10.3. The summed E-state index contributed by atoms with van der Waals surface area (Å²) in [4.78, 5) is 23.4. The van der Waals surface area contributed by atoms with Crippen LogP contribution in [0.15, 0.2) is 41.3 Å². The van der Waals surface area contributed by atoms with Gasteiger partial charge < -0.3 is 10.1 Å². The number of rotatable bonds is 6. The Kier molecular flexibility index (Phi) is 6.05. The van der Waals surface area contributed by atoms with Crippen LogP contribution in [0.1, 0.15) is 5.56 Å². The lowest BCUT2D eigenvalue weighted by Crippen LogP contribution is -2.15. The van der Waals surface area contributed by atoms with Crippen LogP contribution in [-0.2, 0) is 4.79 Å². The number of nitrogens with one attached hydrogen (secondary N) is 1. The standard InChI is InChI=1S/C16H15ClN2O4S/c1-10-7-13(19(21)22)14(23-2)8-12(10)18-16(20)9-24-15-6-4-3-5-11(15)17/h3-8H,9H2,1-2H3,(H,18,20). The van der Waals surface area contributed by atoms with Crippen molar-refractivity contribution >= 4 is 40.6 Å². The Labute approximate surface area is 148 Å². The second-order valence-electron chi connectivity index (χ2n) is 4.86. The summed E-state index contributed by atoms with van der Waals surface area (Å²) in [6, 6.07) is 10.1. The lowest BCUT2D eigenvalue weighted by atomic mass is 10.1. The molecule has 24 heavy (non-hydrogen) atoms. The predicted octanol–water partition coefficient (Wildman–Crippen LogP) is 4.30. The first-order valence-corrected chi connectivity index (χ1v) is 8.29. The van der Waals surface area contributed by atoms with Gasteiger partial charge in [0.15, 0.2) is 5.75 Å². The summed E-state index contributed by atoms with van der Waals surface area (Å²) in [7, 11) is 1.34. The molecule has 1 N–H and O–H groups in total. The average Bonchev–Trinajstić information content (AvgIpc) is 2.55. The van der Waals surface area contributed by atoms with Crippen molar-refractivity contribution in [2.24, 2.45) is 0 Å². The molecule has 0 fully saturated rings. The summed E-state index contributed by atoms with van der Waals surface area (Å²) in [5.41, 5.74) is 0.916. The number of benzene rings is 2. The van der Waals surface area contributed by atoms with Crippen LogP contribution in [0.4, 0.5) is 11.4 Å². The zero-order chi connectivity index (χ0) is 17.7. The van der Waals surface area contributed by atoms with Gasteiger partial charge in [0.05, 0.1) is 22.8 Å². The van der Waals surface area contributed by atoms with Crippen LogP contribution < -0.4 is 10.1 Å². The third-order valence-corrected chi connectivity index (χ3v) is 4.71. The van der Waals surface area contributed by atoms with Crippen LogP contribution in [-0.4, -0.2) is 23.7 Å². The number of methoxy groups -OCH3 is 1. The molecule has 1 amide bonds. The highest BCUT2D eigenvalue weighted by atomic mass is 35.5. The number of thioether (sulfide) groups is 1. The first-order valence-electron chi connectivity index (χ1n) is 6.92. The number of hydrogen-bond donors (Lipinski definition) is 1. The maximum Gasteiger partial charge on any atom is 0.311 e. The zero-order valence-corrected chi connectivity index (χ0v) is 14.6. The van der Waals surface area contributed by atoms with Gasteiger partial charge in [-0.2, -0.15) is 0 Å². The van der Waals surface area contributed by atoms with E-state index < -0.39 is 4.92 Å². The molecule has 0 aliphatic heterocycles. The third kappa shape index (κ3) is 4.39. The van der Waals surface area contributed by atoms with E-state index in [-0.39, 0.29) is 23.1 Å². The molecule has 0 aromatic heterocycles. The van der Waals surface area contributed by atoms with Gasteiger partial charge in [0, 0.05) is 22.7 Å². The minimum absolute atomic E-state index is 0.0969. The second-order valence-corrected chi connectivity index (χ2v) is 6.29. The molecule has 2 aromatic rings. The third-order valence-electron chi connectivity index (χ3n) is 3.19. The average molecular weight is 367 g/mol. The van der Waals surface area contributed by atoms with Gasteiger partial charge in [-0.15, -0.1) is 11.8 Å². The number of carbonyl (C=O) groups is 1. The van der Waals surface area contributed by atoms with Gasteiger partial charge in [-0.25, -0.2) is 0 Å². The van der Waals surface area contributed by atoms with Gasteiger partial charge in [0.2, 0.25) is 5.91 Å². The molecule has 0 spiro atoms. The number of nitro benzene ring substituents is 1. The molecule has 0 aliphatic rings. The molecular weight excluding hydrogens is 352 g/mol. The summed E-state index contributed by atoms with van der Waals surface area (Å²) >= 11 is 7.36. The van der Waals surface area contributed by atoms with Crippen LogP contribution in [0.2, 0.25) is 5.02 Å². The maximum absolute atomic E-state index is 12.1. The van der Waals surface area contributed by atoms with E-state index in [1.807, 2.05) is 18.2 Å². The first-order chi connectivity index (χ1) is 11.4. The summed E-state index contributed by atoms with van der Waals surface area (Å²) in [5, 5.41) is 14.3. The van der Waals surface area contributed by atoms with E-state index in [9.17, 15) is 14.9 Å². The molecule has 2 rings (SSSR count). The van der Waals surface area contributed by atoms with Gasteiger partial charge in [-0.1, -0.05) is 23.7 Å². The molecular formula is C16H15ClN2O4S. The predicted molar refractivity (Wildman–Crippen MR) is 95.2 cm³/mol. The smallest absolute Gasteiger partial charge is 0.311 e. The molecule has 0 unspecified atom stereocenters. The number of anilines is 1. The van der Waals surface area contributed by atoms with Crippen molar-refractivity contribution in [3.8, 4) is 5.75 Å². The van der Waals surface area contributed by atoms with Gasteiger partial charge in [0.25, 0.3) is 0 Å². The van der Waals surface area contributed by atoms with E-state index in [0.29, 0.717) is 16.3 Å². The van der Waals surface area contributed by atoms with Crippen LogP contribution in [0.3, 0.4) is 0 Å². The number of nitro groups is 1. The molecule has 0 atom stereocenters. The second kappa shape index (κ2) is 8.03. The van der Waals surface area contributed by atoms with Crippen LogP contribution in [0.5, 0.6) is 5.75 Å². The molecule has 8 heteroatoms. The van der Waals surface area contributed by atoms with Gasteiger partial charge in [-0.3, -0.25) is 14.9 Å². The Balaban J connectivity index is 2.09. The topological polar surface area (TPSA) is 81.5 Å². The Morgan fingerprint density at radius 2 is 2.08 bits per heavy atom. The Hall–Kier alpha value is -2.25. The quantitative estimate of drug-likeness (QED) is 0.468. The van der Waals surface area contributed by atoms with Crippen molar-refractivity contribution in [1.29, 1.82) is 0 Å². The number of carbonyl (C=O) groups excluding carboxylic acids is 1. The number of ether oxygens (including phenoxy) is 1. The zero-order valence-electron chi connectivity index (χ0n) is 13.0. The van der Waals surface area contributed by atoms with Crippen LogP contribution in [0, 0.1) is 17.0 Å². The summed E-state index contributed by atoms with van der Waals surface area (Å²) < 4.78 is 5.01. The number of amides is 1. The monoisotopic (exact) mass is 366 g/mol. The van der Waals surface area contributed by atoms with E-state index in [0.717, 1.165) is 4.90 Å². The minimum Gasteiger partial charge on any atom is -0.490 e. The van der Waals surface area contributed by atoms with Crippen molar-refractivity contribution in [3.63, 3.8) is 0 Å². The molecule has 0 radical (unpaired) electrons. The highest BCUT2D eigenvalue weighted by Crippen LogP contribution is 2.33. The number of nitrogens with zero attached hydrogens (tertiary/aromatic N) is 1. The summed E-state index contributed by atoms with van der Waals surface area (Å²) in [6.07, 6.45) is 0. The fraction of sp³-hybridized carbons (Fsp3) is 0.188. The molecule has 6 nitrogen and oxygen atoms in total. The summed E-state index contributed by atoms with van der Waals surface area (Å²) in [6.45, 7) is 1.68. The highest BCUT2D eigenvalue weighted by molar-refractivity contribution is 8.00. The van der Waals surface area contributed by atoms with Crippen molar-refractivity contribution in [1.82, 2.24) is 0 Å². The van der Waals surface area contributed by atoms with Gasteiger partial charge in [-0.05, 0) is 24.6 Å². The Morgan fingerprint density at radius 3 is 2.71 bits per heavy atom. The number of halogens is 1. The summed E-state index contributed by atoms with van der Waals surface area (Å²) in [5.74, 6) is 0.0289. The largest absolute Gasteiger partial charge is 0.490 e. The SMILES string of the molecule is COc1cc(NC(=O)CSc2ccccc2Cl)c(C)cc1[N+](=O)[O-]. The number of aryl methyl sites for hydroxylation is 1. The first kappa shape index (κ1) is 18.1. The Bertz CT molecular complexity index is 783. The van der Waals surface area contributed by atoms with E-state index in [1.54, 1.807) is 13.0 Å². The molecule has 0 saturated heterocycles. The fourth-order valence-corrected chi connectivity index (χ4v) is 3.04. The van der Waals surface area contributed by atoms with Gasteiger partial charge in [0.1, 0.15) is 0 Å². The van der Waals surface area contributed by atoms with Crippen molar-refractivity contribution < 1.29 is 14.5 Å². The fourth-order valence-electron chi connectivity index (χ4n) is 2.01. The highest BCUT2D eigenvalue weighted by Gasteiger charge is 2.18.